The van der Waals surface area contributed by atoms with Crippen molar-refractivity contribution in [2.24, 2.45) is 0 Å². The van der Waals surface area contributed by atoms with E-state index in [1.807, 2.05) is 6.92 Å². The van der Waals surface area contributed by atoms with E-state index < -0.39 is 0 Å². The maximum atomic E-state index is 12.1. The second kappa shape index (κ2) is 7.68. The van der Waals surface area contributed by atoms with E-state index in [0.29, 0.717) is 38.3 Å². The van der Waals surface area contributed by atoms with Crippen LogP contribution in [0.25, 0.3) is 0 Å². The molecule has 1 aromatic carbocycles. The number of hydrogen-bond donors (Lipinski definition) is 0. The third kappa shape index (κ3) is 4.13. The Morgan fingerprint density at radius 1 is 0.955 bits per heavy atom. The van der Waals surface area contributed by atoms with Gasteiger partial charge in [0.2, 0.25) is 5.91 Å². The van der Waals surface area contributed by atoms with Crippen molar-refractivity contribution in [1.29, 1.82) is 0 Å². The summed E-state index contributed by atoms with van der Waals surface area (Å²) in [4.78, 5) is 27.2. The lowest BCUT2D eigenvalue weighted by Gasteiger charge is -2.34. The molecule has 6 heteroatoms. The Bertz CT molecular complexity index is 507. The molecule has 6 nitrogen and oxygen atoms in total. The zero-order valence-corrected chi connectivity index (χ0v) is 13.1. The minimum absolute atomic E-state index is 0.00799. The van der Waals surface area contributed by atoms with E-state index in [1.165, 1.54) is 0 Å². The van der Waals surface area contributed by atoms with Gasteiger partial charge in [-0.1, -0.05) is 6.92 Å². The van der Waals surface area contributed by atoms with Gasteiger partial charge in [-0.2, -0.15) is 0 Å². The van der Waals surface area contributed by atoms with Gasteiger partial charge >= 0.3 is 0 Å². The summed E-state index contributed by atoms with van der Waals surface area (Å²) in [6.07, 6.45) is 0.508. The van der Waals surface area contributed by atoms with Crippen molar-refractivity contribution in [3.05, 3.63) is 24.3 Å². The predicted molar refractivity (Wildman–Crippen MR) is 81.9 cm³/mol. The van der Waals surface area contributed by atoms with Gasteiger partial charge in [-0.05, 0) is 24.3 Å². The molecule has 1 aromatic rings. The molecule has 0 N–H and O–H groups in total. The minimum Gasteiger partial charge on any atom is -0.497 e. The van der Waals surface area contributed by atoms with Crippen LogP contribution in [-0.2, 0) is 9.59 Å². The minimum atomic E-state index is -0.0561. The Morgan fingerprint density at radius 2 is 1.45 bits per heavy atom. The second-order valence-corrected chi connectivity index (χ2v) is 5.08. The van der Waals surface area contributed by atoms with Crippen molar-refractivity contribution in [2.75, 3.05) is 39.9 Å². The number of methoxy groups -OCH3 is 1. The summed E-state index contributed by atoms with van der Waals surface area (Å²) in [5.74, 6) is 1.46. The van der Waals surface area contributed by atoms with Crippen LogP contribution in [0, 0.1) is 0 Å². The second-order valence-electron chi connectivity index (χ2n) is 5.08. The van der Waals surface area contributed by atoms with E-state index in [4.69, 9.17) is 9.47 Å². The number of rotatable bonds is 5. The number of benzene rings is 1. The average molecular weight is 306 g/mol. The molecule has 22 heavy (non-hydrogen) atoms. The first kappa shape index (κ1) is 16.1. The Kier molecular flexibility index (Phi) is 5.63. The highest BCUT2D eigenvalue weighted by atomic mass is 16.5. The molecular weight excluding hydrogens is 284 g/mol. The molecule has 0 aliphatic carbocycles. The summed E-state index contributed by atoms with van der Waals surface area (Å²) in [6, 6.07) is 7.11. The quantitative estimate of drug-likeness (QED) is 0.819. The third-order valence-corrected chi connectivity index (χ3v) is 3.71. The fraction of sp³-hybridized carbons (Fsp3) is 0.500. The van der Waals surface area contributed by atoms with E-state index in [0.717, 1.165) is 5.75 Å². The lowest BCUT2D eigenvalue weighted by molar-refractivity contribution is -0.140. The molecule has 0 unspecified atom stereocenters. The lowest BCUT2D eigenvalue weighted by Crippen LogP contribution is -2.51. The highest BCUT2D eigenvalue weighted by Gasteiger charge is 2.23. The average Bonchev–Trinajstić information content (AvgIpc) is 2.59. The lowest BCUT2D eigenvalue weighted by atomic mass is 10.3. The molecule has 1 heterocycles. The van der Waals surface area contributed by atoms with Crippen LogP contribution in [0.1, 0.15) is 13.3 Å². The topological polar surface area (TPSA) is 59.1 Å². The molecule has 2 rings (SSSR count). The summed E-state index contributed by atoms with van der Waals surface area (Å²) in [6.45, 7) is 4.19. The number of hydrogen-bond acceptors (Lipinski definition) is 4. The third-order valence-electron chi connectivity index (χ3n) is 3.71. The van der Waals surface area contributed by atoms with Crippen molar-refractivity contribution in [2.45, 2.75) is 13.3 Å². The molecule has 0 saturated carbocycles. The van der Waals surface area contributed by atoms with Gasteiger partial charge in [0, 0.05) is 32.6 Å². The first-order valence-electron chi connectivity index (χ1n) is 7.46. The zero-order chi connectivity index (χ0) is 15.9. The molecule has 1 fully saturated rings. The largest absolute Gasteiger partial charge is 0.497 e. The van der Waals surface area contributed by atoms with Gasteiger partial charge < -0.3 is 19.3 Å². The number of ether oxygens (including phenoxy) is 2. The molecule has 120 valence electrons. The van der Waals surface area contributed by atoms with Gasteiger partial charge in [-0.25, -0.2) is 0 Å². The standard InChI is InChI=1S/C16H22N2O4/c1-3-15(19)17-8-10-18(11-9-17)16(20)12-22-14-6-4-13(21-2)5-7-14/h4-7H,3,8-12H2,1-2H3. The van der Waals surface area contributed by atoms with Crippen molar-refractivity contribution in [3.8, 4) is 11.5 Å². The summed E-state index contributed by atoms with van der Waals surface area (Å²) in [5.41, 5.74) is 0. The van der Waals surface area contributed by atoms with Crippen LogP contribution in [0.2, 0.25) is 0 Å². The van der Waals surface area contributed by atoms with Gasteiger partial charge in [0.25, 0.3) is 5.91 Å². The van der Waals surface area contributed by atoms with Crippen LogP contribution in [0.3, 0.4) is 0 Å². The van der Waals surface area contributed by atoms with E-state index in [2.05, 4.69) is 0 Å². The molecule has 1 aliphatic heterocycles. The van der Waals surface area contributed by atoms with Crippen LogP contribution in [0.5, 0.6) is 11.5 Å². The molecule has 0 spiro atoms. The van der Waals surface area contributed by atoms with E-state index in [1.54, 1.807) is 41.2 Å². The fourth-order valence-corrected chi connectivity index (χ4v) is 2.34. The Morgan fingerprint density at radius 3 is 1.95 bits per heavy atom. The van der Waals surface area contributed by atoms with Gasteiger partial charge in [0.05, 0.1) is 7.11 Å². The van der Waals surface area contributed by atoms with Crippen molar-refractivity contribution in [1.82, 2.24) is 9.80 Å². The SMILES string of the molecule is CCC(=O)N1CCN(C(=O)COc2ccc(OC)cc2)CC1. The fourth-order valence-electron chi connectivity index (χ4n) is 2.34. The Balaban J connectivity index is 1.77. The van der Waals surface area contributed by atoms with E-state index >= 15 is 0 Å². The monoisotopic (exact) mass is 306 g/mol. The van der Waals surface area contributed by atoms with Crippen LogP contribution in [-0.4, -0.2) is 61.5 Å². The number of piperazine rings is 1. The number of carbonyl (C=O) groups excluding carboxylic acids is 2. The molecular formula is C16H22N2O4. The maximum Gasteiger partial charge on any atom is 0.260 e. The number of amides is 2. The maximum absolute atomic E-state index is 12.1. The highest BCUT2D eigenvalue weighted by Crippen LogP contribution is 2.17. The zero-order valence-electron chi connectivity index (χ0n) is 13.1. The summed E-state index contributed by atoms with van der Waals surface area (Å²) >= 11 is 0. The van der Waals surface area contributed by atoms with E-state index in [9.17, 15) is 9.59 Å². The normalized spacial score (nSPS) is 14.6. The molecule has 2 amide bonds. The molecule has 0 aromatic heterocycles. The molecule has 0 atom stereocenters. The Hall–Kier alpha value is -2.24. The summed E-state index contributed by atoms with van der Waals surface area (Å²) in [7, 11) is 1.60. The van der Waals surface area contributed by atoms with Crippen LogP contribution in [0.4, 0.5) is 0 Å². The van der Waals surface area contributed by atoms with E-state index in [-0.39, 0.29) is 18.4 Å². The van der Waals surface area contributed by atoms with Crippen LogP contribution >= 0.6 is 0 Å². The highest BCUT2D eigenvalue weighted by molar-refractivity contribution is 5.79. The van der Waals surface area contributed by atoms with Crippen LogP contribution < -0.4 is 9.47 Å². The molecule has 1 aliphatic rings. The van der Waals surface area contributed by atoms with Crippen LogP contribution in [0.15, 0.2) is 24.3 Å². The number of nitrogens with zero attached hydrogens (tertiary/aromatic N) is 2. The van der Waals surface area contributed by atoms with Gasteiger partial charge in [-0.15, -0.1) is 0 Å². The predicted octanol–water partition coefficient (Wildman–Crippen LogP) is 1.15. The summed E-state index contributed by atoms with van der Waals surface area (Å²) in [5, 5.41) is 0. The first-order chi connectivity index (χ1) is 10.6. The van der Waals surface area contributed by atoms with Crippen molar-refractivity contribution in [3.63, 3.8) is 0 Å². The summed E-state index contributed by atoms with van der Waals surface area (Å²) < 4.78 is 10.6. The number of carbonyl (C=O) groups is 2. The first-order valence-corrected chi connectivity index (χ1v) is 7.46. The molecule has 0 bridgehead atoms. The molecule has 0 radical (unpaired) electrons. The van der Waals surface area contributed by atoms with Gasteiger partial charge in [0.1, 0.15) is 11.5 Å². The van der Waals surface area contributed by atoms with Crippen molar-refractivity contribution >= 4 is 11.8 Å². The van der Waals surface area contributed by atoms with Gasteiger partial charge in [0.15, 0.2) is 6.61 Å². The van der Waals surface area contributed by atoms with Crippen molar-refractivity contribution < 1.29 is 19.1 Å². The molecule has 1 saturated heterocycles. The smallest absolute Gasteiger partial charge is 0.260 e. The van der Waals surface area contributed by atoms with Gasteiger partial charge in [-0.3, -0.25) is 9.59 Å². The Labute approximate surface area is 130 Å².